The van der Waals surface area contributed by atoms with Crippen LogP contribution in [0.5, 0.6) is 0 Å². The molecule has 0 aliphatic carbocycles. The number of imidazole rings is 1. The van der Waals surface area contributed by atoms with Gasteiger partial charge in [-0.15, -0.1) is 0 Å². The first-order valence-electron chi connectivity index (χ1n) is 11.9. The summed E-state index contributed by atoms with van der Waals surface area (Å²) >= 11 is 0. The smallest absolute Gasteiger partial charge is 0.226 e. The van der Waals surface area contributed by atoms with Crippen LogP contribution in [0.2, 0.25) is 0 Å². The number of aryl methyl sites for hydroxylation is 2. The lowest BCUT2D eigenvalue weighted by Crippen LogP contribution is -2.17. The van der Waals surface area contributed by atoms with Gasteiger partial charge in [-0.05, 0) is 53.8 Å². The number of aromatic nitrogens is 2. The summed E-state index contributed by atoms with van der Waals surface area (Å²) in [6.45, 7) is 8.92. The third-order valence-electron chi connectivity index (χ3n) is 6.12. The molecule has 4 rings (SSSR count). The zero-order chi connectivity index (χ0) is 23.4. The van der Waals surface area contributed by atoms with Crippen LogP contribution in [0.25, 0.3) is 22.2 Å². The highest BCUT2D eigenvalue weighted by Crippen LogP contribution is 2.26. The fraction of sp³-hybridized carbons (Fsp3) is 0.310. The second kappa shape index (κ2) is 10.0. The largest absolute Gasteiger partial charge is 0.326 e. The lowest BCUT2D eigenvalue weighted by molar-refractivity contribution is -0.118. The molecule has 1 amide bonds. The van der Waals surface area contributed by atoms with E-state index in [1.54, 1.807) is 0 Å². The fourth-order valence-electron chi connectivity index (χ4n) is 4.11. The van der Waals surface area contributed by atoms with Gasteiger partial charge in [-0.2, -0.15) is 0 Å². The van der Waals surface area contributed by atoms with Crippen LogP contribution in [0.1, 0.15) is 50.6 Å². The molecule has 4 nitrogen and oxygen atoms in total. The maximum absolute atomic E-state index is 12.2. The highest BCUT2D eigenvalue weighted by atomic mass is 16.1. The summed E-state index contributed by atoms with van der Waals surface area (Å²) in [6, 6.07) is 23.3. The van der Waals surface area contributed by atoms with Crippen LogP contribution in [0, 0.1) is 12.8 Å². The Bertz CT molecular complexity index is 1250. The SMILES string of the molecule is CCCCc1nc2ccc(NC(=O)C(C)C)cc2n1Cc1ccc(-c2ccccc2C)cc1. The maximum atomic E-state index is 12.2. The minimum Gasteiger partial charge on any atom is -0.326 e. The number of benzene rings is 3. The average Bonchev–Trinajstić information content (AvgIpc) is 3.15. The van der Waals surface area contributed by atoms with E-state index in [1.807, 2.05) is 26.0 Å². The summed E-state index contributed by atoms with van der Waals surface area (Å²) < 4.78 is 2.30. The Labute approximate surface area is 196 Å². The predicted octanol–water partition coefficient (Wildman–Crippen LogP) is 7.00. The van der Waals surface area contributed by atoms with Gasteiger partial charge in [0, 0.05) is 24.6 Å². The fourth-order valence-corrected chi connectivity index (χ4v) is 4.11. The summed E-state index contributed by atoms with van der Waals surface area (Å²) in [5.41, 5.74) is 7.87. The highest BCUT2D eigenvalue weighted by Gasteiger charge is 2.14. The van der Waals surface area contributed by atoms with Crippen LogP contribution in [-0.4, -0.2) is 15.5 Å². The molecule has 0 fully saturated rings. The van der Waals surface area contributed by atoms with Crippen molar-refractivity contribution in [3.05, 3.63) is 83.7 Å². The van der Waals surface area contributed by atoms with Gasteiger partial charge in [-0.1, -0.05) is 75.7 Å². The van der Waals surface area contributed by atoms with Crippen molar-refractivity contribution in [1.29, 1.82) is 0 Å². The molecule has 0 spiro atoms. The van der Waals surface area contributed by atoms with Crippen molar-refractivity contribution in [2.45, 2.75) is 53.5 Å². The normalized spacial score (nSPS) is 11.3. The van der Waals surface area contributed by atoms with Gasteiger partial charge in [0.25, 0.3) is 0 Å². The lowest BCUT2D eigenvalue weighted by atomic mass is 9.99. The van der Waals surface area contributed by atoms with Crippen LogP contribution in [0.3, 0.4) is 0 Å². The van der Waals surface area contributed by atoms with Gasteiger partial charge < -0.3 is 9.88 Å². The first kappa shape index (κ1) is 22.8. The third-order valence-corrected chi connectivity index (χ3v) is 6.12. The van der Waals surface area contributed by atoms with Crippen molar-refractivity contribution in [1.82, 2.24) is 9.55 Å². The van der Waals surface area contributed by atoms with Crippen LogP contribution in [-0.2, 0) is 17.8 Å². The Kier molecular flexibility index (Phi) is 6.93. The number of anilines is 1. The van der Waals surface area contributed by atoms with E-state index in [9.17, 15) is 4.79 Å². The number of hydrogen-bond donors (Lipinski definition) is 1. The van der Waals surface area contributed by atoms with Crippen molar-refractivity contribution in [2.75, 3.05) is 5.32 Å². The molecule has 4 heteroatoms. The van der Waals surface area contributed by atoms with E-state index in [0.29, 0.717) is 0 Å². The van der Waals surface area contributed by atoms with Gasteiger partial charge in [0.15, 0.2) is 0 Å². The summed E-state index contributed by atoms with van der Waals surface area (Å²) in [4.78, 5) is 17.1. The predicted molar refractivity (Wildman–Crippen MR) is 138 cm³/mol. The van der Waals surface area contributed by atoms with Gasteiger partial charge in [-0.3, -0.25) is 4.79 Å². The molecular formula is C29H33N3O. The number of carbonyl (C=O) groups is 1. The van der Waals surface area contributed by atoms with Gasteiger partial charge in [0.1, 0.15) is 5.82 Å². The van der Waals surface area contributed by atoms with E-state index in [2.05, 4.69) is 78.3 Å². The Balaban J connectivity index is 1.67. The number of hydrogen-bond acceptors (Lipinski definition) is 2. The molecule has 1 aromatic heterocycles. The van der Waals surface area contributed by atoms with E-state index in [-0.39, 0.29) is 11.8 Å². The first-order chi connectivity index (χ1) is 16.0. The van der Waals surface area contributed by atoms with Crippen LogP contribution < -0.4 is 5.32 Å². The number of fused-ring (bicyclic) bond motifs is 1. The van der Waals surface area contributed by atoms with Crippen molar-refractivity contribution >= 4 is 22.6 Å². The number of nitrogens with one attached hydrogen (secondary N) is 1. The van der Waals surface area contributed by atoms with Crippen LogP contribution in [0.15, 0.2) is 66.7 Å². The molecule has 0 saturated heterocycles. The third kappa shape index (κ3) is 5.16. The molecular weight excluding hydrogens is 406 g/mol. The molecule has 0 saturated carbocycles. The summed E-state index contributed by atoms with van der Waals surface area (Å²) in [5.74, 6) is 1.07. The van der Waals surface area contributed by atoms with E-state index >= 15 is 0 Å². The average molecular weight is 440 g/mol. The minimum absolute atomic E-state index is 0.0263. The number of nitrogens with zero attached hydrogens (tertiary/aromatic N) is 2. The monoisotopic (exact) mass is 439 g/mol. The molecule has 1 N–H and O–H groups in total. The van der Waals surface area contributed by atoms with E-state index in [1.165, 1.54) is 22.3 Å². The maximum Gasteiger partial charge on any atom is 0.226 e. The molecule has 0 radical (unpaired) electrons. The lowest BCUT2D eigenvalue weighted by Gasteiger charge is -2.12. The van der Waals surface area contributed by atoms with Crippen LogP contribution in [0.4, 0.5) is 5.69 Å². The quantitative estimate of drug-likeness (QED) is 0.321. The number of rotatable bonds is 8. The molecule has 0 unspecified atom stereocenters. The summed E-state index contributed by atoms with van der Waals surface area (Å²) in [6.07, 6.45) is 3.18. The minimum atomic E-state index is -0.0579. The molecule has 1 heterocycles. The standard InChI is InChI=1S/C29H33N3O/c1-5-6-11-28-31-26-17-16-24(30-29(33)20(2)3)18-27(26)32(28)19-22-12-14-23(15-13-22)25-10-8-7-9-21(25)4/h7-10,12-18,20H,5-6,11,19H2,1-4H3,(H,30,33). The molecule has 3 aromatic carbocycles. The number of amides is 1. The summed E-state index contributed by atoms with van der Waals surface area (Å²) in [5, 5.41) is 3.03. The Morgan fingerprint density at radius 2 is 1.79 bits per heavy atom. The van der Waals surface area contributed by atoms with E-state index in [0.717, 1.165) is 48.4 Å². The van der Waals surface area contributed by atoms with Gasteiger partial charge in [0.2, 0.25) is 5.91 Å². The van der Waals surface area contributed by atoms with Crippen molar-refractivity contribution in [3.8, 4) is 11.1 Å². The van der Waals surface area contributed by atoms with Crippen molar-refractivity contribution < 1.29 is 4.79 Å². The molecule has 33 heavy (non-hydrogen) atoms. The second-order valence-electron chi connectivity index (χ2n) is 9.08. The highest BCUT2D eigenvalue weighted by molar-refractivity contribution is 5.94. The molecule has 0 aliphatic heterocycles. The van der Waals surface area contributed by atoms with Gasteiger partial charge >= 0.3 is 0 Å². The Morgan fingerprint density at radius 1 is 1.03 bits per heavy atom. The van der Waals surface area contributed by atoms with Crippen molar-refractivity contribution in [2.24, 2.45) is 5.92 Å². The summed E-state index contributed by atoms with van der Waals surface area (Å²) in [7, 11) is 0. The number of carbonyl (C=O) groups excluding carboxylic acids is 1. The van der Waals surface area contributed by atoms with Crippen LogP contribution >= 0.6 is 0 Å². The van der Waals surface area contributed by atoms with E-state index in [4.69, 9.17) is 4.98 Å². The van der Waals surface area contributed by atoms with Crippen molar-refractivity contribution in [3.63, 3.8) is 0 Å². The zero-order valence-corrected chi connectivity index (χ0v) is 20.1. The Morgan fingerprint density at radius 3 is 2.48 bits per heavy atom. The molecule has 170 valence electrons. The molecule has 4 aromatic rings. The topological polar surface area (TPSA) is 46.9 Å². The zero-order valence-electron chi connectivity index (χ0n) is 20.1. The first-order valence-corrected chi connectivity index (χ1v) is 11.9. The van der Waals surface area contributed by atoms with Gasteiger partial charge in [0.05, 0.1) is 11.0 Å². The molecule has 0 atom stereocenters. The molecule has 0 bridgehead atoms. The Hall–Kier alpha value is -3.40. The molecule has 0 aliphatic rings. The van der Waals surface area contributed by atoms with Gasteiger partial charge in [-0.25, -0.2) is 4.98 Å². The second-order valence-corrected chi connectivity index (χ2v) is 9.08. The number of unbranched alkanes of at least 4 members (excludes halogenated alkanes) is 1. The van der Waals surface area contributed by atoms with E-state index < -0.39 is 0 Å².